The lowest BCUT2D eigenvalue weighted by Gasteiger charge is -2.11. The maximum Gasteiger partial charge on any atom is 0.240 e. The Balaban J connectivity index is 1.97. The summed E-state index contributed by atoms with van der Waals surface area (Å²) in [4.78, 5) is 13.8. The van der Waals surface area contributed by atoms with Crippen LogP contribution >= 0.6 is 11.8 Å². The summed E-state index contributed by atoms with van der Waals surface area (Å²) in [5.41, 5.74) is 4.39. The number of benzene rings is 1. The molecule has 1 heterocycles. The molecule has 0 fully saturated rings. The molecule has 0 unspecified atom stereocenters. The van der Waals surface area contributed by atoms with Gasteiger partial charge in [-0.2, -0.15) is 0 Å². The van der Waals surface area contributed by atoms with E-state index in [9.17, 15) is 0 Å². The molecule has 0 amide bonds. The molecular weight excluding hydrogens is 390 g/mol. The van der Waals surface area contributed by atoms with E-state index in [0.717, 1.165) is 42.1 Å². The number of thioether (sulfide) groups is 1. The molecule has 158 valence electrons. The molecule has 0 saturated carbocycles. The number of nitrogens with zero attached hydrogens (tertiary/aromatic N) is 3. The van der Waals surface area contributed by atoms with Crippen LogP contribution in [0, 0.1) is 0 Å². The van der Waals surface area contributed by atoms with E-state index < -0.39 is 0 Å². The third-order valence-electron chi connectivity index (χ3n) is 4.66. The summed E-state index contributed by atoms with van der Waals surface area (Å²) >= 11 is 1.59. The van der Waals surface area contributed by atoms with E-state index in [2.05, 4.69) is 47.9 Å². The van der Waals surface area contributed by atoms with Crippen molar-refractivity contribution in [3.63, 3.8) is 0 Å². The Bertz CT molecular complexity index is 905. The second-order valence-corrected chi connectivity index (χ2v) is 7.97. The lowest BCUT2D eigenvalue weighted by Crippen LogP contribution is -2.00. The molecule has 4 nitrogen and oxygen atoms in total. The summed E-state index contributed by atoms with van der Waals surface area (Å²) < 4.78 is 5.48. The Morgan fingerprint density at radius 3 is 2.50 bits per heavy atom. The van der Waals surface area contributed by atoms with E-state index in [1.54, 1.807) is 31.0 Å². The minimum Gasteiger partial charge on any atom is -0.479 e. The number of ether oxygens (including phenoxy) is 1. The smallest absolute Gasteiger partial charge is 0.240 e. The van der Waals surface area contributed by atoms with Gasteiger partial charge in [-0.3, -0.25) is 4.99 Å². The number of rotatable bonds is 12. The maximum atomic E-state index is 5.48. The number of hydrogen-bond donors (Lipinski definition) is 0. The number of aryl methyl sites for hydroxylation is 1. The topological polar surface area (TPSA) is 47.4 Å². The standard InChI is InChI=1S/C25H31N3OS/c1-6-22-23(7-2)28-25(29-5)24(27-22)21-16-13-15-20(18-21)14-11-9-10-12-17-26-19(4)30-8-3/h6-8,13,15-16,18H,1-3,9-12,14,17H2,4-5H3. The van der Waals surface area contributed by atoms with Crippen molar-refractivity contribution < 1.29 is 4.74 Å². The Morgan fingerprint density at radius 1 is 1.07 bits per heavy atom. The Kier molecular flexibility index (Phi) is 10.1. The van der Waals surface area contributed by atoms with Gasteiger partial charge in [0.1, 0.15) is 5.69 Å². The van der Waals surface area contributed by atoms with Gasteiger partial charge in [0.25, 0.3) is 0 Å². The van der Waals surface area contributed by atoms with Gasteiger partial charge in [-0.15, -0.1) is 0 Å². The number of hydrogen-bond acceptors (Lipinski definition) is 5. The Hall–Kier alpha value is -2.66. The molecule has 2 rings (SSSR count). The van der Waals surface area contributed by atoms with Crippen molar-refractivity contribution >= 4 is 29.0 Å². The highest BCUT2D eigenvalue weighted by atomic mass is 32.2. The molecule has 1 aromatic heterocycles. The number of aromatic nitrogens is 2. The minimum atomic E-state index is 0.498. The van der Waals surface area contributed by atoms with Gasteiger partial charge in [0, 0.05) is 12.1 Å². The molecule has 0 aliphatic carbocycles. The molecule has 1 aromatic carbocycles. The molecule has 2 aromatic rings. The number of aliphatic imine (C=N–C) groups is 1. The number of unbranched alkanes of at least 4 members (excludes halogenated alkanes) is 3. The van der Waals surface area contributed by atoms with Crippen LogP contribution in [-0.4, -0.2) is 28.7 Å². The lowest BCUT2D eigenvalue weighted by atomic mass is 10.0. The van der Waals surface area contributed by atoms with Crippen molar-refractivity contribution in [1.82, 2.24) is 9.97 Å². The van der Waals surface area contributed by atoms with Crippen LogP contribution < -0.4 is 4.74 Å². The van der Waals surface area contributed by atoms with Crippen LogP contribution in [0.4, 0.5) is 0 Å². The van der Waals surface area contributed by atoms with Gasteiger partial charge in [-0.1, -0.05) is 62.5 Å². The van der Waals surface area contributed by atoms with Crippen LogP contribution in [-0.2, 0) is 6.42 Å². The second-order valence-electron chi connectivity index (χ2n) is 6.81. The fourth-order valence-corrected chi connectivity index (χ4v) is 3.55. The first-order valence-electron chi connectivity index (χ1n) is 10.2. The molecule has 0 bridgehead atoms. The van der Waals surface area contributed by atoms with E-state index in [4.69, 9.17) is 9.72 Å². The van der Waals surface area contributed by atoms with Crippen LogP contribution in [0.5, 0.6) is 5.88 Å². The van der Waals surface area contributed by atoms with Crippen molar-refractivity contribution in [2.24, 2.45) is 4.99 Å². The van der Waals surface area contributed by atoms with Gasteiger partial charge in [0.15, 0.2) is 0 Å². The van der Waals surface area contributed by atoms with Crippen molar-refractivity contribution in [3.8, 4) is 17.1 Å². The summed E-state index contributed by atoms with van der Waals surface area (Å²) in [5, 5.41) is 2.90. The fraction of sp³-hybridized carbons (Fsp3) is 0.320. The normalized spacial score (nSPS) is 11.2. The van der Waals surface area contributed by atoms with Gasteiger partial charge >= 0.3 is 0 Å². The molecule has 5 heteroatoms. The fourth-order valence-electron chi connectivity index (χ4n) is 3.14. The third-order valence-corrected chi connectivity index (χ3v) is 5.30. The summed E-state index contributed by atoms with van der Waals surface area (Å²) in [5.74, 6) is 0.498. The van der Waals surface area contributed by atoms with Crippen LogP contribution in [0.15, 0.2) is 54.4 Å². The quantitative estimate of drug-likeness (QED) is 0.214. The largest absolute Gasteiger partial charge is 0.479 e. The maximum absolute atomic E-state index is 5.48. The zero-order valence-corrected chi connectivity index (χ0v) is 18.9. The molecule has 0 N–H and O–H groups in total. The van der Waals surface area contributed by atoms with Crippen LogP contribution in [0.25, 0.3) is 23.4 Å². The first kappa shape index (κ1) is 23.6. The average Bonchev–Trinajstić information content (AvgIpc) is 2.77. The van der Waals surface area contributed by atoms with Crippen molar-refractivity contribution in [2.75, 3.05) is 13.7 Å². The predicted octanol–water partition coefficient (Wildman–Crippen LogP) is 6.84. The van der Waals surface area contributed by atoms with Crippen molar-refractivity contribution in [1.29, 1.82) is 0 Å². The molecule has 0 spiro atoms. The monoisotopic (exact) mass is 421 g/mol. The van der Waals surface area contributed by atoms with E-state index in [-0.39, 0.29) is 0 Å². The highest BCUT2D eigenvalue weighted by molar-refractivity contribution is 8.16. The summed E-state index contributed by atoms with van der Waals surface area (Å²) in [7, 11) is 1.61. The van der Waals surface area contributed by atoms with E-state index in [1.807, 2.05) is 18.4 Å². The zero-order valence-electron chi connectivity index (χ0n) is 18.1. The first-order valence-corrected chi connectivity index (χ1v) is 11.1. The second kappa shape index (κ2) is 12.8. The van der Waals surface area contributed by atoms with E-state index >= 15 is 0 Å². The molecule has 30 heavy (non-hydrogen) atoms. The minimum absolute atomic E-state index is 0.498. The Morgan fingerprint density at radius 2 is 1.80 bits per heavy atom. The average molecular weight is 422 g/mol. The van der Waals surface area contributed by atoms with Crippen molar-refractivity contribution in [2.45, 2.75) is 39.0 Å². The molecule has 0 aliphatic rings. The van der Waals surface area contributed by atoms with E-state index in [1.165, 1.54) is 18.4 Å². The highest BCUT2D eigenvalue weighted by Gasteiger charge is 2.13. The SMILES string of the molecule is C=CSC(C)=NCCCCCCc1cccc(-c2nc(C=C)c(C=C)nc2OC)c1. The molecule has 0 radical (unpaired) electrons. The third kappa shape index (κ3) is 6.99. The Labute approximate surface area is 184 Å². The molecule has 0 aliphatic heterocycles. The van der Waals surface area contributed by atoms with Crippen molar-refractivity contribution in [3.05, 3.63) is 66.4 Å². The van der Waals surface area contributed by atoms with Crippen LogP contribution in [0.1, 0.15) is 49.6 Å². The number of methoxy groups -OCH3 is 1. The van der Waals surface area contributed by atoms with Crippen LogP contribution in [0.2, 0.25) is 0 Å². The molecule has 0 saturated heterocycles. The van der Waals surface area contributed by atoms with Gasteiger partial charge in [0.2, 0.25) is 5.88 Å². The highest BCUT2D eigenvalue weighted by Crippen LogP contribution is 2.29. The molecule has 0 atom stereocenters. The first-order chi connectivity index (χ1) is 14.6. The summed E-state index contributed by atoms with van der Waals surface area (Å²) in [6, 6.07) is 8.44. The predicted molar refractivity (Wildman–Crippen MR) is 132 cm³/mol. The summed E-state index contributed by atoms with van der Waals surface area (Å²) in [6.45, 7) is 14.3. The lowest BCUT2D eigenvalue weighted by molar-refractivity contribution is 0.397. The van der Waals surface area contributed by atoms with E-state index in [0.29, 0.717) is 17.3 Å². The van der Waals surface area contributed by atoms with Gasteiger partial charge in [-0.25, -0.2) is 9.97 Å². The summed E-state index contributed by atoms with van der Waals surface area (Å²) in [6.07, 6.45) is 9.07. The van der Waals surface area contributed by atoms with Gasteiger partial charge < -0.3 is 4.74 Å². The van der Waals surface area contributed by atoms with Gasteiger partial charge in [-0.05, 0) is 55.4 Å². The zero-order chi connectivity index (χ0) is 21.8. The van der Waals surface area contributed by atoms with Crippen LogP contribution in [0.3, 0.4) is 0 Å². The molecular formula is C25H31N3OS. The van der Waals surface area contributed by atoms with Gasteiger partial charge in [0.05, 0.1) is 23.5 Å².